The highest BCUT2D eigenvalue weighted by molar-refractivity contribution is 5.86. The van der Waals surface area contributed by atoms with Gasteiger partial charge in [-0.15, -0.1) is 0 Å². The molecule has 5 unspecified atom stereocenters. The van der Waals surface area contributed by atoms with E-state index in [-0.39, 0.29) is 6.42 Å². The van der Waals surface area contributed by atoms with Crippen molar-refractivity contribution < 1.29 is 33.3 Å². The molecule has 0 aromatic rings. The van der Waals surface area contributed by atoms with E-state index in [2.05, 4.69) is 0 Å². The maximum absolute atomic E-state index is 12.6. The average Bonchev–Trinajstić information content (AvgIpc) is 3.16. The molecule has 8 nitrogen and oxygen atoms in total. The zero-order valence-electron chi connectivity index (χ0n) is 15.5. The van der Waals surface area contributed by atoms with Crippen LogP contribution in [0, 0.1) is 22.2 Å². The van der Waals surface area contributed by atoms with E-state index in [1.165, 1.54) is 13.8 Å². The first-order valence-corrected chi connectivity index (χ1v) is 8.71. The zero-order valence-corrected chi connectivity index (χ0v) is 15.5. The van der Waals surface area contributed by atoms with Crippen molar-refractivity contribution in [3.8, 4) is 6.07 Å². The lowest BCUT2D eigenvalue weighted by atomic mass is 9.75. The summed E-state index contributed by atoms with van der Waals surface area (Å²) >= 11 is 0. The zero-order chi connectivity index (χ0) is 19.5. The molecule has 5 atom stereocenters. The number of hydrogen-bond donors (Lipinski definition) is 0. The van der Waals surface area contributed by atoms with E-state index in [1.54, 1.807) is 13.8 Å². The van der Waals surface area contributed by atoms with Crippen LogP contribution in [-0.4, -0.2) is 47.9 Å². The lowest BCUT2D eigenvalue weighted by molar-refractivity contribution is -0.191. The van der Waals surface area contributed by atoms with Gasteiger partial charge in [-0.3, -0.25) is 9.59 Å². The summed E-state index contributed by atoms with van der Waals surface area (Å²) < 4.78 is 21.8. The molecule has 3 aliphatic rings. The lowest BCUT2D eigenvalue weighted by Gasteiger charge is -2.31. The van der Waals surface area contributed by atoms with Crippen LogP contribution < -0.4 is 0 Å². The quantitative estimate of drug-likeness (QED) is 0.529. The molecule has 0 aliphatic carbocycles. The molecule has 142 valence electrons. The number of fused-ring (bicyclic) bond motifs is 1. The molecule has 26 heavy (non-hydrogen) atoms. The van der Waals surface area contributed by atoms with E-state index in [9.17, 15) is 19.6 Å². The molecule has 3 heterocycles. The SMILES string of the molecule is CCC(C)(C)C(=O)OC(C)(C)C(=O)OC1C2CC3(C#N)C(=O)OC1C3O2. The Kier molecular flexibility index (Phi) is 4.07. The van der Waals surface area contributed by atoms with Crippen LogP contribution in [0.1, 0.15) is 47.5 Å². The van der Waals surface area contributed by atoms with Gasteiger partial charge in [0, 0.05) is 6.42 Å². The number of carbonyl (C=O) groups is 3. The predicted molar refractivity (Wildman–Crippen MR) is 85.3 cm³/mol. The van der Waals surface area contributed by atoms with Crippen LogP contribution >= 0.6 is 0 Å². The van der Waals surface area contributed by atoms with E-state index < -0.39 is 58.8 Å². The van der Waals surface area contributed by atoms with Crippen molar-refractivity contribution in [2.45, 2.75) is 77.5 Å². The standard InChI is InChI=1S/C18H23NO7/c1-6-16(2,3)13(20)26-17(4,5)14(21)24-10-9-7-18(8-19)12(23-9)11(10)25-15(18)22/h9-12H,6-7H2,1-5H3. The van der Waals surface area contributed by atoms with E-state index in [1.807, 2.05) is 13.0 Å². The summed E-state index contributed by atoms with van der Waals surface area (Å²) in [6.45, 7) is 8.23. The number of hydrogen-bond acceptors (Lipinski definition) is 8. The Morgan fingerprint density at radius 2 is 1.96 bits per heavy atom. The summed E-state index contributed by atoms with van der Waals surface area (Å²) in [6.07, 6.45) is -2.23. The molecule has 3 saturated heterocycles. The number of nitriles is 1. The minimum absolute atomic E-state index is 0.129. The van der Waals surface area contributed by atoms with Gasteiger partial charge < -0.3 is 18.9 Å². The van der Waals surface area contributed by atoms with Gasteiger partial charge in [0.2, 0.25) is 5.60 Å². The maximum atomic E-state index is 12.6. The van der Waals surface area contributed by atoms with Gasteiger partial charge in [-0.05, 0) is 34.1 Å². The second kappa shape index (κ2) is 5.68. The van der Waals surface area contributed by atoms with Crippen LogP contribution in [0.4, 0.5) is 0 Å². The molecule has 0 amide bonds. The van der Waals surface area contributed by atoms with Gasteiger partial charge in [-0.25, -0.2) is 4.79 Å². The van der Waals surface area contributed by atoms with Crippen LogP contribution in [-0.2, 0) is 33.3 Å². The number of nitrogens with zero attached hydrogens (tertiary/aromatic N) is 1. The van der Waals surface area contributed by atoms with Crippen LogP contribution in [0.2, 0.25) is 0 Å². The minimum Gasteiger partial charge on any atom is -0.454 e. The van der Waals surface area contributed by atoms with Gasteiger partial charge in [0.15, 0.2) is 17.6 Å². The van der Waals surface area contributed by atoms with Crippen molar-refractivity contribution >= 4 is 17.9 Å². The summed E-state index contributed by atoms with van der Waals surface area (Å²) in [5, 5.41) is 9.34. The second-order valence-corrected chi connectivity index (χ2v) is 8.26. The smallest absolute Gasteiger partial charge is 0.350 e. The van der Waals surface area contributed by atoms with Gasteiger partial charge in [-0.1, -0.05) is 6.92 Å². The maximum Gasteiger partial charge on any atom is 0.350 e. The Morgan fingerprint density at radius 1 is 1.31 bits per heavy atom. The molecule has 3 fully saturated rings. The molecular weight excluding hydrogens is 342 g/mol. The number of esters is 3. The van der Waals surface area contributed by atoms with Crippen LogP contribution in [0.15, 0.2) is 0 Å². The van der Waals surface area contributed by atoms with E-state index in [4.69, 9.17) is 18.9 Å². The van der Waals surface area contributed by atoms with Crippen molar-refractivity contribution in [3.05, 3.63) is 0 Å². The van der Waals surface area contributed by atoms with Gasteiger partial charge in [0.1, 0.15) is 12.2 Å². The molecule has 2 bridgehead atoms. The first-order valence-electron chi connectivity index (χ1n) is 8.71. The molecule has 3 rings (SSSR count). The van der Waals surface area contributed by atoms with Crippen molar-refractivity contribution in [1.82, 2.24) is 0 Å². The predicted octanol–water partition coefficient (Wildman–Crippen LogP) is 1.26. The molecular formula is C18H23NO7. The topological polar surface area (TPSA) is 112 Å². The summed E-state index contributed by atoms with van der Waals surface area (Å²) in [5.41, 5.74) is -3.52. The third kappa shape index (κ3) is 2.49. The number of ether oxygens (including phenoxy) is 4. The number of rotatable bonds is 5. The van der Waals surface area contributed by atoms with E-state index in [0.29, 0.717) is 6.42 Å². The summed E-state index contributed by atoms with van der Waals surface area (Å²) in [6, 6.07) is 1.99. The summed E-state index contributed by atoms with van der Waals surface area (Å²) in [5.74, 6) is -1.88. The van der Waals surface area contributed by atoms with Crippen molar-refractivity contribution in [2.24, 2.45) is 10.8 Å². The van der Waals surface area contributed by atoms with Crippen LogP contribution in [0.5, 0.6) is 0 Å². The Morgan fingerprint density at radius 3 is 2.54 bits per heavy atom. The monoisotopic (exact) mass is 365 g/mol. The Balaban J connectivity index is 1.69. The minimum atomic E-state index is -1.50. The Labute approximate surface area is 151 Å². The Hall–Kier alpha value is -2.14. The lowest BCUT2D eigenvalue weighted by Crippen LogP contribution is -2.49. The number of carbonyl (C=O) groups excluding carboxylic acids is 3. The average molecular weight is 365 g/mol. The molecule has 0 spiro atoms. The molecule has 0 radical (unpaired) electrons. The molecule has 0 saturated carbocycles. The summed E-state index contributed by atoms with van der Waals surface area (Å²) in [7, 11) is 0. The fourth-order valence-corrected chi connectivity index (χ4v) is 3.40. The third-order valence-corrected chi connectivity index (χ3v) is 5.64. The Bertz CT molecular complexity index is 707. The molecule has 0 aromatic heterocycles. The van der Waals surface area contributed by atoms with Crippen molar-refractivity contribution in [3.63, 3.8) is 0 Å². The highest BCUT2D eigenvalue weighted by atomic mass is 16.7. The molecule has 8 heteroatoms. The van der Waals surface area contributed by atoms with E-state index >= 15 is 0 Å². The first kappa shape index (κ1) is 18.6. The molecule has 0 aromatic carbocycles. The first-order chi connectivity index (χ1) is 12.0. The fourth-order valence-electron chi connectivity index (χ4n) is 3.40. The normalized spacial score (nSPS) is 35.0. The largest absolute Gasteiger partial charge is 0.454 e. The van der Waals surface area contributed by atoms with Gasteiger partial charge in [0.05, 0.1) is 11.5 Å². The molecule has 3 aliphatic heterocycles. The van der Waals surface area contributed by atoms with Gasteiger partial charge in [-0.2, -0.15) is 5.26 Å². The van der Waals surface area contributed by atoms with E-state index in [0.717, 1.165) is 0 Å². The fraction of sp³-hybridized carbons (Fsp3) is 0.778. The second-order valence-electron chi connectivity index (χ2n) is 8.26. The van der Waals surface area contributed by atoms with Crippen molar-refractivity contribution in [2.75, 3.05) is 0 Å². The van der Waals surface area contributed by atoms with Gasteiger partial charge >= 0.3 is 17.9 Å². The van der Waals surface area contributed by atoms with Crippen LogP contribution in [0.25, 0.3) is 0 Å². The van der Waals surface area contributed by atoms with Crippen molar-refractivity contribution in [1.29, 1.82) is 5.26 Å². The molecule has 0 N–H and O–H groups in total. The highest BCUT2D eigenvalue weighted by Crippen LogP contribution is 2.55. The summed E-state index contributed by atoms with van der Waals surface area (Å²) in [4.78, 5) is 36.9. The third-order valence-electron chi connectivity index (χ3n) is 5.64. The highest BCUT2D eigenvalue weighted by Gasteiger charge is 2.74. The van der Waals surface area contributed by atoms with Gasteiger partial charge in [0.25, 0.3) is 0 Å². The van der Waals surface area contributed by atoms with Crippen LogP contribution in [0.3, 0.4) is 0 Å².